The van der Waals surface area contributed by atoms with Gasteiger partial charge < -0.3 is 19.8 Å². The number of fused-ring (bicyclic) bond motifs is 1. The number of nitrogens with two attached hydrogens (primary N) is 1. The van der Waals surface area contributed by atoms with E-state index in [0.717, 1.165) is 36.5 Å². The Labute approximate surface area is 156 Å². The molecule has 0 spiro atoms. The number of benzene rings is 1. The lowest BCUT2D eigenvalue weighted by Gasteiger charge is -2.30. The molecule has 7 heteroatoms. The van der Waals surface area contributed by atoms with E-state index in [4.69, 9.17) is 10.5 Å². The predicted octanol–water partition coefficient (Wildman–Crippen LogP) is 3.04. The number of ether oxygens (including phenoxy) is 1. The summed E-state index contributed by atoms with van der Waals surface area (Å²) in [5.74, 6) is -1.42. The fourth-order valence-corrected chi connectivity index (χ4v) is 3.62. The van der Waals surface area contributed by atoms with Crippen LogP contribution in [0.4, 0.5) is 14.5 Å². The standard InChI is InChI=1S/C20H22F2N4O/c1-12-3-4-26-17(10-14-11-25(2)5-6-27-14)20(24-18(26)7-12)19-15(21)8-13(23)9-16(19)22/h3-4,7-9,14H,5-6,10-11,23H2,1-2H3. The summed E-state index contributed by atoms with van der Waals surface area (Å²) in [6.45, 7) is 4.22. The average Bonchev–Trinajstić information content (AvgIpc) is 2.91. The molecule has 5 nitrogen and oxygen atoms in total. The Morgan fingerprint density at radius 1 is 1.26 bits per heavy atom. The van der Waals surface area contributed by atoms with E-state index in [9.17, 15) is 8.78 Å². The van der Waals surface area contributed by atoms with Crippen molar-refractivity contribution in [3.05, 3.63) is 53.4 Å². The van der Waals surface area contributed by atoms with Crippen molar-refractivity contribution >= 4 is 11.3 Å². The Morgan fingerprint density at radius 3 is 2.70 bits per heavy atom. The van der Waals surface area contributed by atoms with Crippen LogP contribution >= 0.6 is 0 Å². The Hall–Kier alpha value is -2.51. The first-order chi connectivity index (χ1) is 12.9. The molecular formula is C20H22F2N4O. The smallest absolute Gasteiger partial charge is 0.137 e. The van der Waals surface area contributed by atoms with Crippen molar-refractivity contribution in [2.45, 2.75) is 19.4 Å². The van der Waals surface area contributed by atoms with Crippen LogP contribution < -0.4 is 5.73 Å². The SMILES string of the molecule is Cc1ccn2c(CC3CN(C)CCO3)c(-c3c(F)cc(N)cc3F)nc2c1. The van der Waals surface area contributed by atoms with Gasteiger partial charge in [0.1, 0.15) is 17.3 Å². The topological polar surface area (TPSA) is 55.8 Å². The Bertz CT molecular complexity index is 978. The summed E-state index contributed by atoms with van der Waals surface area (Å²) in [5.41, 5.74) is 8.18. The monoisotopic (exact) mass is 372 g/mol. The second-order valence-electron chi connectivity index (χ2n) is 7.16. The number of anilines is 1. The number of halogens is 2. The molecule has 0 aliphatic carbocycles. The highest BCUT2D eigenvalue weighted by atomic mass is 19.1. The van der Waals surface area contributed by atoms with E-state index in [1.54, 1.807) is 0 Å². The largest absolute Gasteiger partial charge is 0.399 e. The number of nitrogens with zero attached hydrogens (tertiary/aromatic N) is 3. The summed E-state index contributed by atoms with van der Waals surface area (Å²) in [7, 11) is 2.04. The molecule has 4 rings (SSSR count). The average molecular weight is 372 g/mol. The van der Waals surface area contributed by atoms with Gasteiger partial charge in [0, 0.05) is 31.4 Å². The third kappa shape index (κ3) is 3.40. The van der Waals surface area contributed by atoms with Gasteiger partial charge in [0.25, 0.3) is 0 Å². The summed E-state index contributed by atoms with van der Waals surface area (Å²) in [4.78, 5) is 6.74. The number of rotatable bonds is 3. The van der Waals surface area contributed by atoms with Crippen molar-refractivity contribution in [2.75, 3.05) is 32.5 Å². The Balaban J connectivity index is 1.87. The third-order valence-corrected chi connectivity index (χ3v) is 4.94. The van der Waals surface area contributed by atoms with E-state index in [2.05, 4.69) is 9.88 Å². The van der Waals surface area contributed by atoms with Crippen LogP contribution in [0.5, 0.6) is 0 Å². The van der Waals surface area contributed by atoms with Gasteiger partial charge in [-0.1, -0.05) is 0 Å². The molecular weight excluding hydrogens is 350 g/mol. The van der Waals surface area contributed by atoms with Crippen LogP contribution in [0.2, 0.25) is 0 Å². The molecule has 1 aromatic carbocycles. The first kappa shape index (κ1) is 17.9. The molecule has 0 amide bonds. The minimum atomic E-state index is -0.712. The summed E-state index contributed by atoms with van der Waals surface area (Å²) >= 11 is 0. The predicted molar refractivity (Wildman–Crippen MR) is 101 cm³/mol. The van der Waals surface area contributed by atoms with Crippen LogP contribution in [-0.4, -0.2) is 47.1 Å². The van der Waals surface area contributed by atoms with Crippen LogP contribution in [0.15, 0.2) is 30.5 Å². The van der Waals surface area contributed by atoms with Gasteiger partial charge in [-0.25, -0.2) is 13.8 Å². The van der Waals surface area contributed by atoms with Crippen LogP contribution in [0.1, 0.15) is 11.3 Å². The van der Waals surface area contributed by atoms with Gasteiger partial charge in [0.15, 0.2) is 0 Å². The van der Waals surface area contributed by atoms with Crippen molar-refractivity contribution in [1.82, 2.24) is 14.3 Å². The normalized spacial score (nSPS) is 18.3. The minimum Gasteiger partial charge on any atom is -0.399 e. The molecule has 1 aliphatic heterocycles. The molecule has 1 unspecified atom stereocenters. The van der Waals surface area contributed by atoms with Crippen LogP contribution in [0, 0.1) is 18.6 Å². The quantitative estimate of drug-likeness (QED) is 0.718. The number of imidazole rings is 1. The number of likely N-dealkylation sites (N-methyl/N-ethyl adjacent to an activating group) is 1. The van der Waals surface area contributed by atoms with E-state index in [1.807, 2.05) is 36.7 Å². The summed E-state index contributed by atoms with van der Waals surface area (Å²) < 4.78 is 37.0. The first-order valence-electron chi connectivity index (χ1n) is 8.95. The van der Waals surface area contributed by atoms with Gasteiger partial charge in [-0.15, -0.1) is 0 Å². The molecule has 1 fully saturated rings. The molecule has 0 radical (unpaired) electrons. The third-order valence-electron chi connectivity index (χ3n) is 4.94. The van der Waals surface area contributed by atoms with Gasteiger partial charge in [-0.3, -0.25) is 0 Å². The number of aromatic nitrogens is 2. The molecule has 3 heterocycles. The van der Waals surface area contributed by atoms with Gasteiger partial charge >= 0.3 is 0 Å². The summed E-state index contributed by atoms with van der Waals surface area (Å²) in [6, 6.07) is 6.10. The van der Waals surface area contributed by atoms with Crippen molar-refractivity contribution in [3.63, 3.8) is 0 Å². The molecule has 142 valence electrons. The van der Waals surface area contributed by atoms with E-state index in [0.29, 0.717) is 24.4 Å². The number of aryl methyl sites for hydroxylation is 1. The molecule has 1 atom stereocenters. The second kappa shape index (κ2) is 6.90. The van der Waals surface area contributed by atoms with Gasteiger partial charge in [-0.2, -0.15) is 0 Å². The van der Waals surface area contributed by atoms with Crippen molar-refractivity contribution in [2.24, 2.45) is 0 Å². The van der Waals surface area contributed by atoms with Crippen molar-refractivity contribution < 1.29 is 13.5 Å². The van der Waals surface area contributed by atoms with Crippen molar-refractivity contribution in [1.29, 1.82) is 0 Å². The Morgan fingerprint density at radius 2 is 2.00 bits per heavy atom. The van der Waals surface area contributed by atoms with Crippen molar-refractivity contribution in [3.8, 4) is 11.3 Å². The number of hydrogen-bond acceptors (Lipinski definition) is 4. The van der Waals surface area contributed by atoms with Gasteiger partial charge in [-0.05, 0) is 43.8 Å². The molecule has 0 bridgehead atoms. The zero-order valence-corrected chi connectivity index (χ0v) is 15.4. The van der Waals surface area contributed by atoms with E-state index < -0.39 is 11.6 Å². The fraction of sp³-hybridized carbons (Fsp3) is 0.350. The van der Waals surface area contributed by atoms with Crippen LogP contribution in [-0.2, 0) is 11.2 Å². The molecule has 3 aromatic rings. The lowest BCUT2D eigenvalue weighted by Crippen LogP contribution is -2.41. The molecule has 0 saturated carbocycles. The maximum absolute atomic E-state index is 14.6. The Kier molecular flexibility index (Phi) is 4.57. The first-order valence-corrected chi connectivity index (χ1v) is 8.95. The maximum atomic E-state index is 14.6. The molecule has 27 heavy (non-hydrogen) atoms. The van der Waals surface area contributed by atoms with E-state index in [1.165, 1.54) is 0 Å². The molecule has 2 N–H and O–H groups in total. The highest BCUT2D eigenvalue weighted by molar-refractivity contribution is 5.70. The van der Waals surface area contributed by atoms with Gasteiger partial charge in [0.05, 0.1) is 29.7 Å². The molecule has 1 saturated heterocycles. The van der Waals surface area contributed by atoms with Crippen LogP contribution in [0.25, 0.3) is 16.9 Å². The lowest BCUT2D eigenvalue weighted by atomic mass is 10.0. The molecule has 2 aromatic heterocycles. The zero-order valence-electron chi connectivity index (χ0n) is 15.4. The molecule has 1 aliphatic rings. The highest BCUT2D eigenvalue weighted by Crippen LogP contribution is 2.32. The van der Waals surface area contributed by atoms with E-state index in [-0.39, 0.29) is 17.4 Å². The van der Waals surface area contributed by atoms with E-state index >= 15 is 0 Å². The zero-order chi connectivity index (χ0) is 19.1. The number of pyridine rings is 1. The van der Waals surface area contributed by atoms with Crippen LogP contribution in [0.3, 0.4) is 0 Å². The highest BCUT2D eigenvalue weighted by Gasteiger charge is 2.26. The maximum Gasteiger partial charge on any atom is 0.137 e. The summed E-state index contributed by atoms with van der Waals surface area (Å²) in [6.07, 6.45) is 2.33. The fourth-order valence-electron chi connectivity index (χ4n) is 3.62. The second-order valence-corrected chi connectivity index (χ2v) is 7.16. The number of morpholine rings is 1. The minimum absolute atomic E-state index is 0.0483. The lowest BCUT2D eigenvalue weighted by molar-refractivity contribution is -0.0190. The number of hydrogen-bond donors (Lipinski definition) is 1. The van der Waals surface area contributed by atoms with Gasteiger partial charge in [0.2, 0.25) is 0 Å². The number of nitrogen functional groups attached to an aromatic ring is 1. The summed E-state index contributed by atoms with van der Waals surface area (Å²) in [5, 5.41) is 0.